The molecule has 3 heterocycles. The molecule has 202 valence electrons. The SMILES string of the molecule is COc1cccc(-c2c(C)n(Cc3c(F)cccc3F)c(=O)n(C[C@H]3CCCN3Cc3ccccn3)c2=O)c1. The van der Waals surface area contributed by atoms with Crippen LogP contribution < -0.4 is 16.0 Å². The van der Waals surface area contributed by atoms with E-state index in [1.165, 1.54) is 22.3 Å². The molecule has 1 fully saturated rings. The highest BCUT2D eigenvalue weighted by atomic mass is 19.1. The number of hydrogen-bond donors (Lipinski definition) is 0. The standard InChI is InChI=1S/C30H30F2N4O3/c1-20-28(21-8-5-11-24(16-21)39-2)29(37)36(30(38)35(20)19-25-26(31)12-6-13-27(25)32)18-23-10-7-15-34(23)17-22-9-3-4-14-33-22/h3-6,8-9,11-14,16,23H,7,10,15,17-19H2,1-2H3/t23-/m1/s1. The molecule has 0 unspecified atom stereocenters. The molecule has 0 N–H and O–H groups in total. The third kappa shape index (κ3) is 5.40. The van der Waals surface area contributed by atoms with Gasteiger partial charge in [0.15, 0.2) is 0 Å². The van der Waals surface area contributed by atoms with Crippen molar-refractivity contribution in [3.63, 3.8) is 0 Å². The molecule has 9 heteroatoms. The first-order valence-electron chi connectivity index (χ1n) is 12.9. The first-order valence-corrected chi connectivity index (χ1v) is 12.9. The Morgan fingerprint density at radius 1 is 0.974 bits per heavy atom. The largest absolute Gasteiger partial charge is 0.497 e. The third-order valence-corrected chi connectivity index (χ3v) is 7.41. The van der Waals surface area contributed by atoms with E-state index < -0.39 is 22.9 Å². The number of rotatable bonds is 8. The average molecular weight is 533 g/mol. The van der Waals surface area contributed by atoms with Gasteiger partial charge in [-0.3, -0.25) is 23.8 Å². The Hall–Kier alpha value is -4.11. The van der Waals surface area contributed by atoms with Gasteiger partial charge in [-0.2, -0.15) is 0 Å². The average Bonchev–Trinajstić information content (AvgIpc) is 3.37. The van der Waals surface area contributed by atoms with E-state index >= 15 is 0 Å². The number of halogens is 2. The molecule has 7 nitrogen and oxygen atoms in total. The van der Waals surface area contributed by atoms with Crippen molar-refractivity contribution in [3.8, 4) is 16.9 Å². The second-order valence-corrected chi connectivity index (χ2v) is 9.76. The Balaban J connectivity index is 1.62. The minimum atomic E-state index is -0.751. The predicted octanol–water partition coefficient (Wildman–Crippen LogP) is 4.38. The quantitative estimate of drug-likeness (QED) is 0.337. The van der Waals surface area contributed by atoms with E-state index in [1.54, 1.807) is 37.4 Å². The van der Waals surface area contributed by atoms with Crippen LogP contribution in [0.5, 0.6) is 5.75 Å². The summed E-state index contributed by atoms with van der Waals surface area (Å²) in [6, 6.07) is 16.3. The molecule has 1 aliphatic rings. The van der Waals surface area contributed by atoms with Crippen LogP contribution in [0.2, 0.25) is 0 Å². The number of pyridine rings is 1. The number of hydrogen-bond acceptors (Lipinski definition) is 5. The number of nitrogens with zero attached hydrogens (tertiary/aromatic N) is 4. The molecular formula is C30H30F2N4O3. The highest BCUT2D eigenvalue weighted by Gasteiger charge is 2.28. The van der Waals surface area contributed by atoms with E-state index in [9.17, 15) is 18.4 Å². The maximum absolute atomic E-state index is 14.6. The number of likely N-dealkylation sites (tertiary alicyclic amines) is 1. The van der Waals surface area contributed by atoms with Crippen molar-refractivity contribution in [2.75, 3.05) is 13.7 Å². The molecule has 4 aromatic rings. The van der Waals surface area contributed by atoms with E-state index in [4.69, 9.17) is 4.74 Å². The lowest BCUT2D eigenvalue weighted by Crippen LogP contribution is -2.46. The molecular weight excluding hydrogens is 502 g/mol. The van der Waals surface area contributed by atoms with Crippen LogP contribution in [0.4, 0.5) is 8.78 Å². The summed E-state index contributed by atoms with van der Waals surface area (Å²) in [5.41, 5.74) is 0.808. The number of methoxy groups -OCH3 is 1. The minimum Gasteiger partial charge on any atom is -0.497 e. The summed E-state index contributed by atoms with van der Waals surface area (Å²) >= 11 is 0. The molecule has 0 amide bonds. The molecule has 39 heavy (non-hydrogen) atoms. The summed E-state index contributed by atoms with van der Waals surface area (Å²) in [6.45, 7) is 2.86. The van der Waals surface area contributed by atoms with Crippen LogP contribution >= 0.6 is 0 Å². The molecule has 0 spiro atoms. The van der Waals surface area contributed by atoms with Gasteiger partial charge in [-0.25, -0.2) is 13.6 Å². The van der Waals surface area contributed by atoms with Crippen molar-refractivity contribution in [2.24, 2.45) is 0 Å². The predicted molar refractivity (Wildman–Crippen MR) is 145 cm³/mol. The van der Waals surface area contributed by atoms with Crippen LogP contribution in [0.25, 0.3) is 11.1 Å². The Morgan fingerprint density at radius 2 is 1.74 bits per heavy atom. The lowest BCUT2D eigenvalue weighted by molar-refractivity contribution is 0.217. The van der Waals surface area contributed by atoms with Crippen LogP contribution in [0.15, 0.2) is 76.4 Å². The Morgan fingerprint density at radius 3 is 2.46 bits per heavy atom. The fourth-order valence-corrected chi connectivity index (χ4v) is 5.32. The zero-order valence-electron chi connectivity index (χ0n) is 21.9. The molecule has 1 aliphatic heterocycles. The second kappa shape index (κ2) is 11.3. The van der Waals surface area contributed by atoms with Crippen LogP contribution in [0.3, 0.4) is 0 Å². The van der Waals surface area contributed by atoms with Crippen molar-refractivity contribution in [1.29, 1.82) is 0 Å². The lowest BCUT2D eigenvalue weighted by atomic mass is 10.0. The first-order chi connectivity index (χ1) is 18.9. The monoisotopic (exact) mass is 532 g/mol. The summed E-state index contributed by atoms with van der Waals surface area (Å²) in [7, 11) is 1.53. The zero-order chi connectivity index (χ0) is 27.5. The van der Waals surface area contributed by atoms with Gasteiger partial charge in [-0.15, -0.1) is 0 Å². The number of aromatic nitrogens is 3. The molecule has 1 atom stereocenters. The molecule has 2 aromatic carbocycles. The zero-order valence-corrected chi connectivity index (χ0v) is 21.9. The summed E-state index contributed by atoms with van der Waals surface area (Å²) in [4.78, 5) is 34.4. The van der Waals surface area contributed by atoms with E-state index in [1.807, 2.05) is 18.2 Å². The number of ether oxygens (including phenoxy) is 1. The highest BCUT2D eigenvalue weighted by molar-refractivity contribution is 5.66. The fourth-order valence-electron chi connectivity index (χ4n) is 5.32. The van der Waals surface area contributed by atoms with E-state index in [2.05, 4.69) is 9.88 Å². The first kappa shape index (κ1) is 26.5. The van der Waals surface area contributed by atoms with Gasteiger partial charge in [0.05, 0.1) is 24.9 Å². The lowest BCUT2D eigenvalue weighted by Gasteiger charge is -2.26. The van der Waals surface area contributed by atoms with Gasteiger partial charge in [0, 0.05) is 36.6 Å². The van der Waals surface area contributed by atoms with Gasteiger partial charge in [0.2, 0.25) is 0 Å². The fraction of sp³-hybridized carbons (Fsp3) is 0.300. The van der Waals surface area contributed by atoms with Crippen LogP contribution in [-0.4, -0.2) is 38.7 Å². The number of benzene rings is 2. The minimum absolute atomic E-state index is 0.0723. The molecule has 0 bridgehead atoms. The van der Waals surface area contributed by atoms with Crippen molar-refractivity contribution in [1.82, 2.24) is 19.0 Å². The maximum Gasteiger partial charge on any atom is 0.331 e. The maximum atomic E-state index is 14.6. The van der Waals surface area contributed by atoms with Crippen molar-refractivity contribution >= 4 is 0 Å². The molecule has 0 aliphatic carbocycles. The molecule has 1 saturated heterocycles. The Labute approximate surface area is 224 Å². The Kier molecular flexibility index (Phi) is 7.70. The smallest absolute Gasteiger partial charge is 0.331 e. The Bertz CT molecular complexity index is 1580. The molecule has 0 saturated carbocycles. The van der Waals surface area contributed by atoms with Gasteiger partial charge in [-0.1, -0.05) is 24.3 Å². The van der Waals surface area contributed by atoms with Crippen LogP contribution in [0, 0.1) is 18.6 Å². The summed E-state index contributed by atoms with van der Waals surface area (Å²) in [6.07, 6.45) is 3.48. The van der Waals surface area contributed by atoms with Crippen LogP contribution in [0.1, 0.15) is 29.8 Å². The summed E-state index contributed by atoms with van der Waals surface area (Å²) in [5.74, 6) is -0.952. The third-order valence-electron chi connectivity index (χ3n) is 7.41. The molecule has 0 radical (unpaired) electrons. The van der Waals surface area contributed by atoms with Gasteiger partial charge >= 0.3 is 5.69 Å². The normalized spacial score (nSPS) is 15.5. The van der Waals surface area contributed by atoms with E-state index in [-0.39, 0.29) is 24.7 Å². The summed E-state index contributed by atoms with van der Waals surface area (Å²) < 4.78 is 37.1. The van der Waals surface area contributed by atoms with Gasteiger partial charge < -0.3 is 4.74 Å². The second-order valence-electron chi connectivity index (χ2n) is 9.76. The van der Waals surface area contributed by atoms with Crippen molar-refractivity contribution in [3.05, 3.63) is 116 Å². The van der Waals surface area contributed by atoms with Crippen molar-refractivity contribution < 1.29 is 13.5 Å². The van der Waals surface area contributed by atoms with Crippen LogP contribution in [-0.2, 0) is 19.6 Å². The molecule has 2 aromatic heterocycles. The van der Waals surface area contributed by atoms with E-state index in [0.717, 1.165) is 37.2 Å². The van der Waals surface area contributed by atoms with Gasteiger partial charge in [0.1, 0.15) is 17.4 Å². The van der Waals surface area contributed by atoms with E-state index in [0.29, 0.717) is 29.1 Å². The van der Waals surface area contributed by atoms with Gasteiger partial charge in [-0.05, 0) is 68.3 Å². The summed E-state index contributed by atoms with van der Waals surface area (Å²) in [5, 5.41) is 0. The molecule has 5 rings (SSSR count). The van der Waals surface area contributed by atoms with Gasteiger partial charge in [0.25, 0.3) is 5.56 Å². The highest BCUT2D eigenvalue weighted by Crippen LogP contribution is 2.25. The van der Waals surface area contributed by atoms with Crippen molar-refractivity contribution in [2.45, 2.75) is 45.4 Å². The topological polar surface area (TPSA) is 69.4 Å².